The lowest BCUT2D eigenvalue weighted by atomic mass is 9.96. The van der Waals surface area contributed by atoms with Gasteiger partial charge in [0.25, 0.3) is 0 Å². The van der Waals surface area contributed by atoms with Gasteiger partial charge in [-0.05, 0) is 27.3 Å². The van der Waals surface area contributed by atoms with Crippen molar-refractivity contribution in [3.63, 3.8) is 0 Å². The standard InChI is InChI=1S/C10H23N3/c1-5-10(6-11-8-12-10)7-13(4)9(2)3/h9,11-12H,5-8H2,1-4H3. The fourth-order valence-electron chi connectivity index (χ4n) is 1.75. The topological polar surface area (TPSA) is 27.3 Å². The molecule has 3 heteroatoms. The van der Waals surface area contributed by atoms with E-state index in [-0.39, 0.29) is 0 Å². The molecule has 1 saturated heterocycles. The molecule has 1 rings (SSSR count). The van der Waals surface area contributed by atoms with Crippen LogP contribution in [0.3, 0.4) is 0 Å². The Kier molecular flexibility index (Phi) is 3.71. The van der Waals surface area contributed by atoms with Crippen molar-refractivity contribution in [1.29, 1.82) is 0 Å². The minimum atomic E-state index is 0.305. The number of nitrogens with one attached hydrogen (secondary N) is 2. The summed E-state index contributed by atoms with van der Waals surface area (Å²) in [7, 11) is 2.20. The van der Waals surface area contributed by atoms with Crippen LogP contribution in [0.5, 0.6) is 0 Å². The van der Waals surface area contributed by atoms with Crippen LogP contribution in [0.25, 0.3) is 0 Å². The molecule has 0 aromatic rings. The van der Waals surface area contributed by atoms with Gasteiger partial charge in [-0.15, -0.1) is 0 Å². The summed E-state index contributed by atoms with van der Waals surface area (Å²) in [6.07, 6.45) is 1.19. The summed E-state index contributed by atoms with van der Waals surface area (Å²) < 4.78 is 0. The smallest absolute Gasteiger partial charge is 0.0460 e. The molecule has 1 aliphatic rings. The lowest BCUT2D eigenvalue weighted by Crippen LogP contribution is -2.52. The van der Waals surface area contributed by atoms with Crippen molar-refractivity contribution < 1.29 is 0 Å². The van der Waals surface area contributed by atoms with Crippen LogP contribution >= 0.6 is 0 Å². The normalized spacial score (nSPS) is 29.1. The maximum Gasteiger partial charge on any atom is 0.0460 e. The van der Waals surface area contributed by atoms with Crippen LogP contribution in [0.2, 0.25) is 0 Å². The SMILES string of the molecule is CCC1(CN(C)C(C)C)CNCN1. The summed E-state index contributed by atoms with van der Waals surface area (Å²) in [6, 6.07) is 0.630. The molecule has 0 aromatic carbocycles. The van der Waals surface area contributed by atoms with E-state index in [9.17, 15) is 0 Å². The number of likely N-dealkylation sites (N-methyl/N-ethyl adjacent to an activating group) is 1. The predicted molar refractivity (Wildman–Crippen MR) is 56.8 cm³/mol. The second kappa shape index (κ2) is 4.40. The molecule has 1 heterocycles. The summed E-state index contributed by atoms with van der Waals surface area (Å²) in [4.78, 5) is 2.41. The Hall–Kier alpha value is -0.120. The van der Waals surface area contributed by atoms with Gasteiger partial charge in [0, 0.05) is 31.3 Å². The van der Waals surface area contributed by atoms with E-state index in [1.807, 2.05) is 0 Å². The van der Waals surface area contributed by atoms with Gasteiger partial charge in [-0.25, -0.2) is 0 Å². The van der Waals surface area contributed by atoms with Crippen LogP contribution in [0, 0.1) is 0 Å². The van der Waals surface area contributed by atoms with Crippen molar-refractivity contribution >= 4 is 0 Å². The molecule has 2 N–H and O–H groups in total. The Labute approximate surface area is 81.9 Å². The van der Waals surface area contributed by atoms with Gasteiger partial charge in [-0.2, -0.15) is 0 Å². The fourth-order valence-corrected chi connectivity index (χ4v) is 1.75. The fraction of sp³-hybridized carbons (Fsp3) is 1.00. The molecule has 3 nitrogen and oxygen atoms in total. The van der Waals surface area contributed by atoms with Gasteiger partial charge in [0.1, 0.15) is 0 Å². The third-order valence-corrected chi connectivity index (χ3v) is 3.16. The highest BCUT2D eigenvalue weighted by molar-refractivity contribution is 4.95. The predicted octanol–water partition coefficient (Wildman–Crippen LogP) is 0.626. The van der Waals surface area contributed by atoms with Crippen LogP contribution in [0.15, 0.2) is 0 Å². The molecular weight excluding hydrogens is 162 g/mol. The van der Waals surface area contributed by atoms with E-state index >= 15 is 0 Å². The summed E-state index contributed by atoms with van der Waals surface area (Å²) >= 11 is 0. The van der Waals surface area contributed by atoms with Gasteiger partial charge >= 0.3 is 0 Å². The second-order valence-corrected chi connectivity index (χ2v) is 4.42. The molecule has 1 fully saturated rings. The van der Waals surface area contributed by atoms with Crippen LogP contribution in [0.4, 0.5) is 0 Å². The van der Waals surface area contributed by atoms with Gasteiger partial charge in [-0.1, -0.05) is 6.92 Å². The Bertz CT molecular complexity index is 150. The molecule has 0 aromatic heterocycles. The van der Waals surface area contributed by atoms with Crippen LogP contribution < -0.4 is 10.6 Å². The van der Waals surface area contributed by atoms with E-state index in [2.05, 4.69) is 43.4 Å². The van der Waals surface area contributed by atoms with Crippen LogP contribution in [-0.2, 0) is 0 Å². The van der Waals surface area contributed by atoms with Gasteiger partial charge in [0.15, 0.2) is 0 Å². The molecule has 1 atom stereocenters. The first-order valence-electron chi connectivity index (χ1n) is 5.25. The van der Waals surface area contributed by atoms with Gasteiger partial charge in [0.2, 0.25) is 0 Å². The Balaban J connectivity index is 2.48. The number of rotatable bonds is 4. The van der Waals surface area contributed by atoms with E-state index in [4.69, 9.17) is 0 Å². The van der Waals surface area contributed by atoms with E-state index < -0.39 is 0 Å². The highest BCUT2D eigenvalue weighted by Gasteiger charge is 2.32. The maximum absolute atomic E-state index is 3.55. The zero-order valence-electron chi connectivity index (χ0n) is 9.35. The number of hydrogen-bond donors (Lipinski definition) is 2. The molecule has 1 aliphatic heterocycles. The minimum Gasteiger partial charge on any atom is -0.303 e. The minimum absolute atomic E-state index is 0.305. The molecule has 0 amide bonds. The highest BCUT2D eigenvalue weighted by Crippen LogP contribution is 2.14. The molecule has 78 valence electrons. The lowest BCUT2D eigenvalue weighted by molar-refractivity contribution is 0.195. The first-order chi connectivity index (χ1) is 6.09. The summed E-state index contributed by atoms with van der Waals surface area (Å²) in [6.45, 7) is 9.93. The third kappa shape index (κ3) is 2.66. The molecule has 0 saturated carbocycles. The van der Waals surface area contributed by atoms with E-state index in [0.29, 0.717) is 11.6 Å². The number of nitrogens with zero attached hydrogens (tertiary/aromatic N) is 1. The average molecular weight is 185 g/mol. The third-order valence-electron chi connectivity index (χ3n) is 3.16. The largest absolute Gasteiger partial charge is 0.303 e. The van der Waals surface area contributed by atoms with Crippen LogP contribution in [0.1, 0.15) is 27.2 Å². The van der Waals surface area contributed by atoms with Crippen molar-refractivity contribution in [3.8, 4) is 0 Å². The van der Waals surface area contributed by atoms with Gasteiger partial charge < -0.3 is 10.2 Å². The molecule has 0 aliphatic carbocycles. The molecule has 13 heavy (non-hydrogen) atoms. The van der Waals surface area contributed by atoms with E-state index in [0.717, 1.165) is 19.8 Å². The van der Waals surface area contributed by atoms with Gasteiger partial charge in [0.05, 0.1) is 0 Å². The molecule has 1 unspecified atom stereocenters. The summed E-state index contributed by atoms with van der Waals surface area (Å²) in [5, 5.41) is 6.92. The zero-order valence-corrected chi connectivity index (χ0v) is 9.35. The lowest BCUT2D eigenvalue weighted by Gasteiger charge is -2.34. The first kappa shape index (κ1) is 11.0. The molecule has 0 spiro atoms. The summed E-state index contributed by atoms with van der Waals surface area (Å²) in [5.41, 5.74) is 0.305. The van der Waals surface area contributed by atoms with Crippen LogP contribution in [-0.4, -0.2) is 43.3 Å². The van der Waals surface area contributed by atoms with Crippen molar-refractivity contribution in [2.45, 2.75) is 38.8 Å². The average Bonchev–Trinajstić information content (AvgIpc) is 2.54. The molecule has 0 bridgehead atoms. The van der Waals surface area contributed by atoms with E-state index in [1.165, 1.54) is 6.42 Å². The zero-order chi connectivity index (χ0) is 9.90. The Morgan fingerprint density at radius 2 is 2.15 bits per heavy atom. The first-order valence-corrected chi connectivity index (χ1v) is 5.25. The second-order valence-electron chi connectivity index (χ2n) is 4.42. The van der Waals surface area contributed by atoms with E-state index in [1.54, 1.807) is 0 Å². The van der Waals surface area contributed by atoms with Crippen molar-refractivity contribution in [2.24, 2.45) is 0 Å². The summed E-state index contributed by atoms with van der Waals surface area (Å²) in [5.74, 6) is 0. The number of hydrogen-bond acceptors (Lipinski definition) is 3. The monoisotopic (exact) mass is 185 g/mol. The Morgan fingerprint density at radius 3 is 2.54 bits per heavy atom. The highest BCUT2D eigenvalue weighted by atomic mass is 15.3. The van der Waals surface area contributed by atoms with Crippen molar-refractivity contribution in [1.82, 2.24) is 15.5 Å². The Morgan fingerprint density at radius 1 is 1.46 bits per heavy atom. The maximum atomic E-state index is 3.55. The quantitative estimate of drug-likeness (QED) is 0.672. The van der Waals surface area contributed by atoms with Crippen molar-refractivity contribution in [3.05, 3.63) is 0 Å². The van der Waals surface area contributed by atoms with Crippen molar-refractivity contribution in [2.75, 3.05) is 26.8 Å². The molecular formula is C10H23N3. The van der Waals surface area contributed by atoms with Gasteiger partial charge in [-0.3, -0.25) is 5.32 Å². The molecule has 0 radical (unpaired) electrons.